The average Bonchev–Trinajstić information content (AvgIpc) is 2.99. The van der Waals surface area contributed by atoms with E-state index in [1.165, 1.54) is 16.8 Å². The molecule has 3 nitrogen and oxygen atoms in total. The zero-order valence-electron chi connectivity index (χ0n) is 18.0. The highest BCUT2D eigenvalue weighted by atomic mass is 16.3. The number of fused-ring (bicyclic) bond motifs is 4. The molecule has 1 aliphatic heterocycles. The van der Waals surface area contributed by atoms with E-state index < -0.39 is 5.60 Å². The number of rotatable bonds is 0. The first kappa shape index (κ1) is 18.7. The van der Waals surface area contributed by atoms with Gasteiger partial charge in [0.05, 0.1) is 5.54 Å². The molecule has 6 rings (SSSR count). The van der Waals surface area contributed by atoms with Crippen molar-refractivity contribution in [3.63, 3.8) is 0 Å². The van der Waals surface area contributed by atoms with Crippen LogP contribution < -0.4 is 5.32 Å². The van der Waals surface area contributed by atoms with Crippen LogP contribution in [-0.2, 0) is 4.79 Å². The van der Waals surface area contributed by atoms with Crippen molar-refractivity contribution >= 4 is 11.5 Å². The summed E-state index contributed by atoms with van der Waals surface area (Å²) in [7, 11) is 0. The van der Waals surface area contributed by atoms with Gasteiger partial charge in [0.2, 0.25) is 0 Å². The molecule has 0 saturated heterocycles. The second kappa shape index (κ2) is 6.01. The minimum absolute atomic E-state index is 0.0890. The SMILES string of the molecule is CC#C[C@]1(O)CC[C@H]2[C@@H]3CCC4=CC(=O)CC[C@@]45Nc4ccccc4[C@@H](C[C@@]21C)C35. The smallest absolute Gasteiger partial charge is 0.155 e. The fourth-order valence-electron chi connectivity index (χ4n) is 8.49. The standard InChI is InChI=1S/C27H31NO2/c1-3-12-26(30)13-11-22-20-9-8-17-15-18(29)10-14-27(17)24(20)21(16-25(22,26)2)19-6-4-5-7-23(19)28-27/h4-7,15,20-22,24,28,30H,8-11,13-14,16H2,1-2H3/t20-,21+,22-,24?,25-,26-,27+/m0/s1. The average molecular weight is 402 g/mol. The largest absolute Gasteiger partial charge is 0.377 e. The molecule has 1 heterocycles. The van der Waals surface area contributed by atoms with Crippen LogP contribution in [0, 0.1) is 35.0 Å². The highest BCUT2D eigenvalue weighted by Crippen LogP contribution is 2.70. The second-order valence-corrected chi connectivity index (χ2v) is 10.7. The van der Waals surface area contributed by atoms with Gasteiger partial charge in [0.15, 0.2) is 5.78 Å². The van der Waals surface area contributed by atoms with Crippen LogP contribution >= 0.6 is 0 Å². The molecule has 5 aliphatic rings. The van der Waals surface area contributed by atoms with Crippen LogP contribution in [0.4, 0.5) is 5.69 Å². The molecule has 4 aliphatic carbocycles. The van der Waals surface area contributed by atoms with E-state index in [9.17, 15) is 9.90 Å². The summed E-state index contributed by atoms with van der Waals surface area (Å²) < 4.78 is 0. The molecule has 1 aromatic carbocycles. The Bertz CT molecular complexity index is 1030. The number of hydrogen-bond donors (Lipinski definition) is 2. The molecule has 30 heavy (non-hydrogen) atoms. The van der Waals surface area contributed by atoms with Gasteiger partial charge in [-0.1, -0.05) is 31.0 Å². The highest BCUT2D eigenvalue weighted by Gasteiger charge is 2.68. The Balaban J connectivity index is 1.56. The van der Waals surface area contributed by atoms with E-state index in [1.807, 2.05) is 13.0 Å². The Morgan fingerprint density at radius 3 is 2.83 bits per heavy atom. The van der Waals surface area contributed by atoms with Crippen molar-refractivity contribution < 1.29 is 9.90 Å². The first-order valence-corrected chi connectivity index (χ1v) is 11.7. The van der Waals surface area contributed by atoms with Crippen LogP contribution in [0.15, 0.2) is 35.9 Å². The molecule has 0 bridgehead atoms. The van der Waals surface area contributed by atoms with Crippen LogP contribution in [0.1, 0.15) is 70.3 Å². The molecule has 1 aromatic rings. The quantitative estimate of drug-likeness (QED) is 0.613. The van der Waals surface area contributed by atoms with Gasteiger partial charge in [0.25, 0.3) is 0 Å². The van der Waals surface area contributed by atoms with Gasteiger partial charge >= 0.3 is 0 Å². The van der Waals surface area contributed by atoms with Gasteiger partial charge in [0, 0.05) is 17.5 Å². The summed E-state index contributed by atoms with van der Waals surface area (Å²) in [5.41, 5.74) is 2.81. The number of carbonyl (C=O) groups is 1. The number of para-hydroxylation sites is 1. The Hall–Kier alpha value is -2.05. The Morgan fingerprint density at radius 2 is 2.00 bits per heavy atom. The first-order valence-electron chi connectivity index (χ1n) is 11.7. The molecule has 3 heteroatoms. The number of ketones is 1. The van der Waals surface area contributed by atoms with E-state index in [0.29, 0.717) is 35.9 Å². The van der Waals surface area contributed by atoms with Crippen LogP contribution in [0.3, 0.4) is 0 Å². The van der Waals surface area contributed by atoms with Gasteiger partial charge < -0.3 is 10.4 Å². The van der Waals surface area contributed by atoms with E-state index >= 15 is 0 Å². The molecule has 0 aromatic heterocycles. The van der Waals surface area contributed by atoms with E-state index in [-0.39, 0.29) is 11.0 Å². The fourth-order valence-corrected chi connectivity index (χ4v) is 8.49. The predicted octanol–water partition coefficient (Wildman–Crippen LogP) is 4.82. The Labute approximate surface area is 179 Å². The zero-order chi connectivity index (χ0) is 20.7. The molecule has 2 N–H and O–H groups in total. The topological polar surface area (TPSA) is 49.3 Å². The van der Waals surface area contributed by atoms with Gasteiger partial charge in [-0.2, -0.15) is 0 Å². The molecule has 1 spiro atoms. The first-order chi connectivity index (χ1) is 14.4. The summed E-state index contributed by atoms with van der Waals surface area (Å²) in [6, 6.07) is 8.76. The van der Waals surface area contributed by atoms with Crippen molar-refractivity contribution in [2.75, 3.05) is 5.32 Å². The van der Waals surface area contributed by atoms with E-state index in [4.69, 9.17) is 0 Å². The van der Waals surface area contributed by atoms with Gasteiger partial charge in [-0.25, -0.2) is 0 Å². The van der Waals surface area contributed by atoms with Crippen molar-refractivity contribution in [1.29, 1.82) is 0 Å². The lowest BCUT2D eigenvalue weighted by Gasteiger charge is -2.64. The molecular weight excluding hydrogens is 370 g/mol. The van der Waals surface area contributed by atoms with Crippen LogP contribution in [0.2, 0.25) is 0 Å². The number of benzene rings is 1. The molecule has 0 amide bonds. The summed E-state index contributed by atoms with van der Waals surface area (Å²) in [4.78, 5) is 12.3. The maximum atomic E-state index is 12.3. The summed E-state index contributed by atoms with van der Waals surface area (Å²) >= 11 is 0. The lowest BCUT2D eigenvalue weighted by Crippen LogP contribution is -2.64. The number of aliphatic hydroxyl groups is 1. The Morgan fingerprint density at radius 1 is 1.17 bits per heavy atom. The summed E-state index contributed by atoms with van der Waals surface area (Å²) in [6.07, 6.45) is 8.47. The molecule has 3 fully saturated rings. The zero-order valence-corrected chi connectivity index (χ0v) is 18.0. The molecular formula is C27H31NO2. The van der Waals surface area contributed by atoms with Crippen LogP contribution in [0.25, 0.3) is 0 Å². The third kappa shape index (κ3) is 2.14. The van der Waals surface area contributed by atoms with E-state index in [1.54, 1.807) is 0 Å². The van der Waals surface area contributed by atoms with Gasteiger partial charge in [-0.3, -0.25) is 4.79 Å². The monoisotopic (exact) mass is 401 g/mol. The second-order valence-electron chi connectivity index (χ2n) is 10.7. The maximum Gasteiger partial charge on any atom is 0.155 e. The van der Waals surface area contributed by atoms with Crippen molar-refractivity contribution in [2.24, 2.45) is 23.2 Å². The minimum atomic E-state index is -0.886. The lowest BCUT2D eigenvalue weighted by atomic mass is 9.43. The van der Waals surface area contributed by atoms with Crippen molar-refractivity contribution in [3.8, 4) is 11.8 Å². The van der Waals surface area contributed by atoms with E-state index in [0.717, 1.165) is 38.5 Å². The third-order valence-electron chi connectivity index (χ3n) is 9.68. The predicted molar refractivity (Wildman–Crippen MR) is 118 cm³/mol. The van der Waals surface area contributed by atoms with Crippen LogP contribution in [-0.4, -0.2) is 22.0 Å². The number of hydrogen-bond acceptors (Lipinski definition) is 3. The molecule has 3 saturated carbocycles. The van der Waals surface area contributed by atoms with Gasteiger partial charge in [-0.15, -0.1) is 5.92 Å². The summed E-state index contributed by atoms with van der Waals surface area (Å²) in [6.45, 7) is 4.17. The molecule has 156 valence electrons. The van der Waals surface area contributed by atoms with E-state index in [2.05, 4.69) is 48.3 Å². The lowest BCUT2D eigenvalue weighted by molar-refractivity contribution is -0.117. The normalized spacial score (nSPS) is 45.6. The van der Waals surface area contributed by atoms with Crippen LogP contribution in [0.5, 0.6) is 0 Å². The van der Waals surface area contributed by atoms with Crippen molar-refractivity contribution in [1.82, 2.24) is 0 Å². The number of anilines is 1. The number of carbonyl (C=O) groups excluding carboxylic acids is 1. The fraction of sp³-hybridized carbons (Fsp3) is 0.593. The summed E-state index contributed by atoms with van der Waals surface area (Å²) in [5, 5.41) is 15.7. The molecule has 1 unspecified atom stereocenters. The van der Waals surface area contributed by atoms with Crippen molar-refractivity contribution in [2.45, 2.75) is 75.9 Å². The summed E-state index contributed by atoms with van der Waals surface area (Å²) in [5.74, 6) is 8.53. The maximum absolute atomic E-state index is 12.3. The molecule has 0 radical (unpaired) electrons. The van der Waals surface area contributed by atoms with Gasteiger partial charge in [0.1, 0.15) is 5.60 Å². The Kier molecular flexibility index (Phi) is 3.75. The third-order valence-corrected chi connectivity index (χ3v) is 9.68. The van der Waals surface area contributed by atoms with Crippen molar-refractivity contribution in [3.05, 3.63) is 41.5 Å². The van der Waals surface area contributed by atoms with Gasteiger partial charge in [-0.05, 0) is 92.4 Å². The molecule has 7 atom stereocenters. The highest BCUT2D eigenvalue weighted by molar-refractivity contribution is 5.92. The minimum Gasteiger partial charge on any atom is -0.377 e. The number of nitrogens with one attached hydrogen (secondary N) is 1.